The van der Waals surface area contributed by atoms with Gasteiger partial charge in [0.05, 0.1) is 6.04 Å². The molecule has 0 saturated carbocycles. The topological polar surface area (TPSA) is 219 Å². The van der Waals surface area contributed by atoms with Gasteiger partial charge in [0.25, 0.3) is 5.91 Å². The SMILES string of the molecule is CC(C)(C)OC(=O)NCCN1CCN(C[C@H]2NC(=O)[C@H]2NC(=O)/C(=N/OC(C)(C)C(=O)OC(C)(C)C)c2csc(NC(=O)OC(C)(C)C)n2)C1=O. The standard InChI is InChI=1S/C32H50N8O10S/c1-29(2,3)47-24(43)32(10,11)50-38-21(19-17-51-25(35-19)37-27(45)49-31(7,8)9)23(42)36-20-18(34-22(20)41)16-40-15-14-39(28(40)46)13-12-33-26(44)48-30(4,5)6/h17-18,20H,12-16H2,1-11H3,(H,33,44)(H,34,41)(H,36,42)(H,35,37,45)/b38-21+/t18-,20+/m1/s1. The van der Waals surface area contributed by atoms with Crippen molar-refractivity contribution < 1.29 is 47.8 Å². The largest absolute Gasteiger partial charge is 0.457 e. The molecule has 1 aromatic rings. The molecule has 0 bridgehead atoms. The monoisotopic (exact) mass is 738 g/mol. The van der Waals surface area contributed by atoms with Crippen LogP contribution in [-0.4, -0.2) is 124 Å². The number of amides is 6. The van der Waals surface area contributed by atoms with Crippen LogP contribution in [-0.2, 0) is 33.4 Å². The lowest BCUT2D eigenvalue weighted by molar-refractivity contribution is -0.179. The third-order valence-corrected chi connectivity index (χ3v) is 7.53. The first-order valence-electron chi connectivity index (χ1n) is 16.4. The predicted molar refractivity (Wildman–Crippen MR) is 186 cm³/mol. The molecule has 0 aliphatic carbocycles. The summed E-state index contributed by atoms with van der Waals surface area (Å²) in [6.07, 6.45) is -1.35. The number of carbonyl (C=O) groups excluding carboxylic acids is 6. The van der Waals surface area contributed by atoms with Gasteiger partial charge in [0.2, 0.25) is 11.5 Å². The number of alkyl carbamates (subject to hydrolysis) is 1. The average molecular weight is 739 g/mol. The van der Waals surface area contributed by atoms with Gasteiger partial charge < -0.3 is 44.8 Å². The molecule has 2 aliphatic rings. The lowest BCUT2D eigenvalue weighted by Crippen LogP contribution is -2.72. The molecule has 19 heteroatoms. The van der Waals surface area contributed by atoms with Crippen LogP contribution in [0.2, 0.25) is 0 Å². The Bertz CT molecular complexity index is 1520. The number of thiazole rings is 1. The highest BCUT2D eigenvalue weighted by molar-refractivity contribution is 7.14. The summed E-state index contributed by atoms with van der Waals surface area (Å²) >= 11 is 0.979. The Morgan fingerprint density at radius 3 is 2.08 bits per heavy atom. The van der Waals surface area contributed by atoms with E-state index in [9.17, 15) is 28.8 Å². The second kappa shape index (κ2) is 15.7. The zero-order valence-electron chi connectivity index (χ0n) is 31.0. The van der Waals surface area contributed by atoms with Crippen molar-refractivity contribution in [1.29, 1.82) is 0 Å². The molecule has 51 heavy (non-hydrogen) atoms. The number of β-lactam (4-membered cyclic amide) rings is 1. The molecule has 1 aromatic heterocycles. The number of urea groups is 1. The minimum Gasteiger partial charge on any atom is -0.457 e. The molecule has 0 unspecified atom stereocenters. The molecule has 2 saturated heterocycles. The van der Waals surface area contributed by atoms with Crippen molar-refractivity contribution in [3.8, 4) is 0 Å². The number of nitrogens with zero attached hydrogens (tertiary/aromatic N) is 4. The minimum absolute atomic E-state index is 0.0230. The Balaban J connectivity index is 1.71. The summed E-state index contributed by atoms with van der Waals surface area (Å²) in [6.45, 7) is 19.5. The zero-order chi connectivity index (χ0) is 38.5. The van der Waals surface area contributed by atoms with Crippen molar-refractivity contribution in [2.75, 3.05) is 38.0 Å². The van der Waals surface area contributed by atoms with Gasteiger partial charge in [-0.1, -0.05) is 5.16 Å². The second-order valence-electron chi connectivity index (χ2n) is 15.4. The Kier molecular flexibility index (Phi) is 12.5. The number of ether oxygens (including phenoxy) is 3. The van der Waals surface area contributed by atoms with E-state index in [-0.39, 0.29) is 42.2 Å². The quantitative estimate of drug-likeness (QED) is 0.0803. The van der Waals surface area contributed by atoms with E-state index in [4.69, 9.17) is 19.0 Å². The lowest BCUT2D eigenvalue weighted by Gasteiger charge is -2.39. The number of esters is 1. The fourth-order valence-electron chi connectivity index (χ4n) is 4.46. The molecule has 284 valence electrons. The highest BCUT2D eigenvalue weighted by Crippen LogP contribution is 2.22. The fourth-order valence-corrected chi connectivity index (χ4v) is 5.14. The van der Waals surface area contributed by atoms with E-state index in [0.29, 0.717) is 13.1 Å². The van der Waals surface area contributed by atoms with Gasteiger partial charge in [0.15, 0.2) is 10.8 Å². The average Bonchev–Trinajstić information content (AvgIpc) is 3.54. The maximum Gasteiger partial charge on any atom is 0.413 e. The first-order valence-corrected chi connectivity index (χ1v) is 17.3. The Labute approximate surface area is 301 Å². The number of hydrogen-bond acceptors (Lipinski definition) is 13. The number of carbonyl (C=O) groups is 6. The fraction of sp³-hybridized carbons (Fsp3) is 0.688. The summed E-state index contributed by atoms with van der Waals surface area (Å²) in [6, 6.07) is -1.97. The van der Waals surface area contributed by atoms with Gasteiger partial charge in [-0.2, -0.15) is 0 Å². The number of hydrogen-bond donors (Lipinski definition) is 4. The Morgan fingerprint density at radius 2 is 1.49 bits per heavy atom. The normalized spacial score (nSPS) is 18.4. The number of nitrogens with one attached hydrogen (secondary N) is 4. The Hall–Kier alpha value is -4.68. The number of anilines is 1. The van der Waals surface area contributed by atoms with Gasteiger partial charge in [0, 0.05) is 38.1 Å². The summed E-state index contributed by atoms with van der Waals surface area (Å²) in [7, 11) is 0. The van der Waals surface area contributed by atoms with E-state index in [1.54, 1.807) is 67.2 Å². The lowest BCUT2D eigenvalue weighted by atomic mass is 9.98. The molecule has 18 nitrogen and oxygen atoms in total. The van der Waals surface area contributed by atoms with Crippen LogP contribution in [0.25, 0.3) is 0 Å². The van der Waals surface area contributed by atoms with Crippen molar-refractivity contribution in [2.45, 2.75) is 111 Å². The van der Waals surface area contributed by atoms with Crippen LogP contribution < -0.4 is 21.3 Å². The Morgan fingerprint density at radius 1 is 0.902 bits per heavy atom. The van der Waals surface area contributed by atoms with Gasteiger partial charge in [-0.3, -0.25) is 14.9 Å². The molecule has 0 radical (unpaired) electrons. The third-order valence-electron chi connectivity index (χ3n) is 6.77. The van der Waals surface area contributed by atoms with Crippen LogP contribution in [0.15, 0.2) is 10.5 Å². The molecule has 4 N–H and O–H groups in total. The smallest absolute Gasteiger partial charge is 0.413 e. The summed E-state index contributed by atoms with van der Waals surface area (Å²) in [5, 5.41) is 15.9. The van der Waals surface area contributed by atoms with Gasteiger partial charge in [-0.05, 0) is 76.2 Å². The number of rotatable bonds is 12. The van der Waals surface area contributed by atoms with E-state index in [1.807, 2.05) is 0 Å². The third kappa shape index (κ3) is 12.6. The van der Waals surface area contributed by atoms with Gasteiger partial charge in [-0.25, -0.2) is 24.2 Å². The molecule has 2 atom stereocenters. The van der Waals surface area contributed by atoms with Crippen LogP contribution in [0.3, 0.4) is 0 Å². The molecular formula is C32H50N8O10S. The van der Waals surface area contributed by atoms with Crippen LogP contribution in [0.4, 0.5) is 19.5 Å². The summed E-state index contributed by atoms with van der Waals surface area (Å²) < 4.78 is 15.9. The maximum atomic E-state index is 13.7. The van der Waals surface area contributed by atoms with Gasteiger partial charge in [0.1, 0.15) is 28.5 Å². The summed E-state index contributed by atoms with van der Waals surface area (Å²) in [4.78, 5) is 89.3. The molecule has 0 spiro atoms. The molecule has 2 aliphatic heterocycles. The van der Waals surface area contributed by atoms with Crippen LogP contribution in [0, 0.1) is 0 Å². The van der Waals surface area contributed by atoms with E-state index < -0.39 is 64.5 Å². The van der Waals surface area contributed by atoms with E-state index >= 15 is 0 Å². The van der Waals surface area contributed by atoms with E-state index in [2.05, 4.69) is 31.4 Å². The molecule has 3 rings (SSSR count). The van der Waals surface area contributed by atoms with Crippen LogP contribution in [0.1, 0.15) is 81.9 Å². The van der Waals surface area contributed by atoms with Crippen molar-refractivity contribution in [3.05, 3.63) is 11.1 Å². The minimum atomic E-state index is -1.63. The van der Waals surface area contributed by atoms with E-state index in [0.717, 1.165) is 11.3 Å². The van der Waals surface area contributed by atoms with Gasteiger partial charge >= 0.3 is 24.2 Å². The first kappa shape index (κ1) is 40.7. The molecule has 2 fully saturated rings. The molecular weight excluding hydrogens is 688 g/mol. The molecule has 3 heterocycles. The van der Waals surface area contributed by atoms with Crippen LogP contribution >= 0.6 is 11.3 Å². The maximum absolute atomic E-state index is 13.7. The summed E-state index contributed by atoms with van der Waals surface area (Å²) in [5.41, 5.74) is -4.29. The number of aromatic nitrogens is 1. The van der Waals surface area contributed by atoms with Crippen molar-refractivity contribution in [3.63, 3.8) is 0 Å². The molecule has 6 amide bonds. The van der Waals surface area contributed by atoms with Crippen LogP contribution in [0.5, 0.6) is 0 Å². The summed E-state index contributed by atoms with van der Waals surface area (Å²) in [5.74, 6) is -2.10. The molecule has 0 aromatic carbocycles. The first-order chi connectivity index (χ1) is 23.3. The zero-order valence-corrected chi connectivity index (χ0v) is 31.9. The number of oxime groups is 1. The highest BCUT2D eigenvalue weighted by atomic mass is 32.1. The van der Waals surface area contributed by atoms with Crippen molar-refractivity contribution in [1.82, 2.24) is 30.7 Å². The highest BCUT2D eigenvalue weighted by Gasteiger charge is 2.44. The van der Waals surface area contributed by atoms with Crippen molar-refractivity contribution >= 4 is 58.2 Å². The van der Waals surface area contributed by atoms with Gasteiger partial charge in [-0.15, -0.1) is 11.3 Å². The van der Waals surface area contributed by atoms with Crippen molar-refractivity contribution in [2.24, 2.45) is 5.16 Å². The second-order valence-corrected chi connectivity index (χ2v) is 16.3. The predicted octanol–water partition coefficient (Wildman–Crippen LogP) is 2.58. The van der Waals surface area contributed by atoms with E-state index in [1.165, 1.54) is 24.1 Å².